The van der Waals surface area contributed by atoms with Crippen LogP contribution in [0.4, 0.5) is 0 Å². The minimum atomic E-state index is 0.672. The van der Waals surface area contributed by atoms with Gasteiger partial charge in [-0.05, 0) is 37.8 Å². The Labute approximate surface area is 98.2 Å². The monoisotopic (exact) mass is 273 g/mol. The molecule has 1 nitrogen and oxygen atoms in total. The highest BCUT2D eigenvalue weighted by Crippen LogP contribution is 2.25. The van der Waals surface area contributed by atoms with Crippen molar-refractivity contribution in [2.75, 3.05) is 6.54 Å². The number of hydrogen-bond acceptors (Lipinski definition) is 2. The van der Waals surface area contributed by atoms with E-state index in [0.29, 0.717) is 10.9 Å². The SMILES string of the molecule is CC1C(Br)CCCN1Cc1cccs1. The zero-order valence-corrected chi connectivity index (χ0v) is 10.9. The molecule has 0 radical (unpaired) electrons. The molecule has 0 aromatic carbocycles. The van der Waals surface area contributed by atoms with Crippen molar-refractivity contribution in [2.24, 2.45) is 0 Å². The summed E-state index contributed by atoms with van der Waals surface area (Å²) in [6, 6.07) is 5.04. The number of nitrogens with zero attached hydrogens (tertiary/aromatic N) is 1. The number of hydrogen-bond donors (Lipinski definition) is 0. The highest BCUT2D eigenvalue weighted by atomic mass is 79.9. The molecule has 78 valence electrons. The van der Waals surface area contributed by atoms with Crippen molar-refractivity contribution in [3.8, 4) is 0 Å². The van der Waals surface area contributed by atoms with E-state index < -0.39 is 0 Å². The summed E-state index contributed by atoms with van der Waals surface area (Å²) in [6.45, 7) is 4.70. The van der Waals surface area contributed by atoms with Crippen LogP contribution < -0.4 is 0 Å². The van der Waals surface area contributed by atoms with Gasteiger partial charge < -0.3 is 0 Å². The first-order valence-electron chi connectivity index (χ1n) is 5.18. The molecule has 2 heterocycles. The molecular formula is C11H16BrNS. The summed E-state index contributed by atoms with van der Waals surface area (Å²) in [5.41, 5.74) is 0. The van der Waals surface area contributed by atoms with Crippen molar-refractivity contribution in [1.29, 1.82) is 0 Å². The molecule has 2 atom stereocenters. The van der Waals surface area contributed by atoms with E-state index in [4.69, 9.17) is 0 Å². The molecule has 1 aliphatic rings. The molecule has 0 spiro atoms. The van der Waals surface area contributed by atoms with Gasteiger partial charge in [-0.3, -0.25) is 4.90 Å². The van der Waals surface area contributed by atoms with E-state index in [2.05, 4.69) is 45.3 Å². The molecule has 0 aliphatic carbocycles. The van der Waals surface area contributed by atoms with Gasteiger partial charge in [-0.25, -0.2) is 0 Å². The van der Waals surface area contributed by atoms with Gasteiger partial charge >= 0.3 is 0 Å². The summed E-state index contributed by atoms with van der Waals surface area (Å²) in [4.78, 5) is 4.74. The Bertz CT molecular complexity index is 273. The molecule has 0 saturated carbocycles. The van der Waals surface area contributed by atoms with Crippen LogP contribution in [-0.4, -0.2) is 22.3 Å². The predicted octanol–water partition coefficient (Wildman–Crippen LogP) is 3.50. The average Bonchev–Trinajstić information content (AvgIpc) is 2.66. The third-order valence-corrected chi connectivity index (χ3v) is 5.05. The molecule has 0 N–H and O–H groups in total. The standard InChI is InChI=1S/C11H16BrNS/c1-9-11(12)5-2-6-13(9)8-10-4-3-7-14-10/h3-4,7,9,11H,2,5-6,8H2,1H3. The van der Waals surface area contributed by atoms with Gasteiger partial charge in [0.05, 0.1) is 0 Å². The molecule has 1 aliphatic heterocycles. The van der Waals surface area contributed by atoms with Crippen LogP contribution in [0.15, 0.2) is 17.5 Å². The molecule has 0 bridgehead atoms. The Kier molecular flexibility index (Phi) is 3.63. The van der Waals surface area contributed by atoms with Gasteiger partial charge in [0.1, 0.15) is 0 Å². The number of alkyl halides is 1. The van der Waals surface area contributed by atoms with Gasteiger partial charge in [0.15, 0.2) is 0 Å². The fraction of sp³-hybridized carbons (Fsp3) is 0.636. The maximum atomic E-state index is 3.76. The second-order valence-electron chi connectivity index (χ2n) is 3.95. The van der Waals surface area contributed by atoms with E-state index in [1.807, 2.05) is 11.3 Å². The summed E-state index contributed by atoms with van der Waals surface area (Å²) < 4.78 is 0. The normalized spacial score (nSPS) is 29.3. The van der Waals surface area contributed by atoms with Crippen LogP contribution in [0.3, 0.4) is 0 Å². The summed E-state index contributed by atoms with van der Waals surface area (Å²) in [6.07, 6.45) is 2.65. The van der Waals surface area contributed by atoms with E-state index in [1.165, 1.54) is 24.3 Å². The molecule has 2 rings (SSSR count). The van der Waals surface area contributed by atoms with E-state index in [-0.39, 0.29) is 0 Å². The van der Waals surface area contributed by atoms with Crippen molar-refractivity contribution in [2.45, 2.75) is 37.2 Å². The van der Waals surface area contributed by atoms with Gasteiger partial charge in [-0.2, -0.15) is 0 Å². The van der Waals surface area contributed by atoms with Gasteiger partial charge in [0.2, 0.25) is 0 Å². The molecule has 3 heteroatoms. The smallest absolute Gasteiger partial charge is 0.0331 e. The van der Waals surface area contributed by atoms with Crippen LogP contribution in [0.25, 0.3) is 0 Å². The van der Waals surface area contributed by atoms with Gasteiger partial charge in [0, 0.05) is 22.3 Å². The largest absolute Gasteiger partial charge is 0.294 e. The summed E-state index contributed by atoms with van der Waals surface area (Å²) in [5, 5.41) is 2.16. The molecule has 0 amide bonds. The van der Waals surface area contributed by atoms with Gasteiger partial charge in [-0.15, -0.1) is 11.3 Å². The van der Waals surface area contributed by atoms with Crippen LogP contribution in [-0.2, 0) is 6.54 Å². The number of rotatable bonds is 2. The lowest BCUT2D eigenvalue weighted by Crippen LogP contribution is -2.43. The quantitative estimate of drug-likeness (QED) is 0.746. The van der Waals surface area contributed by atoms with Gasteiger partial charge in [0.25, 0.3) is 0 Å². The molecule has 1 aromatic rings. The Morgan fingerprint density at radius 1 is 1.64 bits per heavy atom. The van der Waals surface area contributed by atoms with Crippen LogP contribution in [0.1, 0.15) is 24.6 Å². The average molecular weight is 274 g/mol. The zero-order chi connectivity index (χ0) is 9.97. The van der Waals surface area contributed by atoms with E-state index in [0.717, 1.165) is 6.54 Å². The molecule has 1 saturated heterocycles. The van der Waals surface area contributed by atoms with Crippen LogP contribution in [0, 0.1) is 0 Å². The molecule has 1 fully saturated rings. The first kappa shape index (κ1) is 10.7. The fourth-order valence-electron chi connectivity index (χ4n) is 1.99. The maximum absolute atomic E-state index is 3.76. The summed E-state index contributed by atoms with van der Waals surface area (Å²) in [5.74, 6) is 0. The minimum absolute atomic E-state index is 0.672. The Morgan fingerprint density at radius 3 is 3.21 bits per heavy atom. The van der Waals surface area contributed by atoms with Crippen LogP contribution in [0.5, 0.6) is 0 Å². The van der Waals surface area contributed by atoms with Crippen LogP contribution >= 0.6 is 27.3 Å². The summed E-state index contributed by atoms with van der Waals surface area (Å²) in [7, 11) is 0. The van der Waals surface area contributed by atoms with Crippen molar-refractivity contribution in [3.05, 3.63) is 22.4 Å². The lowest BCUT2D eigenvalue weighted by atomic mass is 10.0. The third-order valence-electron chi connectivity index (χ3n) is 2.96. The fourth-order valence-corrected chi connectivity index (χ4v) is 3.38. The first-order valence-corrected chi connectivity index (χ1v) is 6.97. The number of likely N-dealkylation sites (tertiary alicyclic amines) is 1. The number of halogens is 1. The summed E-state index contributed by atoms with van der Waals surface area (Å²) >= 11 is 5.62. The van der Waals surface area contributed by atoms with Gasteiger partial charge in [-0.1, -0.05) is 22.0 Å². The van der Waals surface area contributed by atoms with Crippen molar-refractivity contribution in [3.63, 3.8) is 0 Å². The van der Waals surface area contributed by atoms with Crippen LogP contribution in [0.2, 0.25) is 0 Å². The lowest BCUT2D eigenvalue weighted by Gasteiger charge is -2.36. The van der Waals surface area contributed by atoms with Crippen molar-refractivity contribution in [1.82, 2.24) is 4.90 Å². The predicted molar refractivity (Wildman–Crippen MR) is 66.1 cm³/mol. The second-order valence-corrected chi connectivity index (χ2v) is 6.16. The molecule has 1 aromatic heterocycles. The van der Waals surface area contributed by atoms with E-state index >= 15 is 0 Å². The highest BCUT2D eigenvalue weighted by molar-refractivity contribution is 9.09. The number of thiophene rings is 1. The third kappa shape index (κ3) is 2.38. The molecule has 2 unspecified atom stereocenters. The molecule has 14 heavy (non-hydrogen) atoms. The Hall–Kier alpha value is 0.140. The van der Waals surface area contributed by atoms with Crippen molar-refractivity contribution >= 4 is 27.3 Å². The first-order chi connectivity index (χ1) is 6.77. The molecular weight excluding hydrogens is 258 g/mol. The minimum Gasteiger partial charge on any atom is -0.294 e. The van der Waals surface area contributed by atoms with Crippen molar-refractivity contribution < 1.29 is 0 Å². The highest BCUT2D eigenvalue weighted by Gasteiger charge is 2.25. The second kappa shape index (κ2) is 4.77. The number of piperidine rings is 1. The zero-order valence-electron chi connectivity index (χ0n) is 8.45. The lowest BCUT2D eigenvalue weighted by molar-refractivity contribution is 0.162. The Morgan fingerprint density at radius 2 is 2.50 bits per heavy atom. The van der Waals surface area contributed by atoms with E-state index in [1.54, 1.807) is 0 Å². The maximum Gasteiger partial charge on any atom is 0.0331 e. The topological polar surface area (TPSA) is 3.24 Å². The Balaban J connectivity index is 1.97. The van der Waals surface area contributed by atoms with E-state index in [9.17, 15) is 0 Å².